The summed E-state index contributed by atoms with van der Waals surface area (Å²) in [5, 5.41) is 2.68. The van der Waals surface area contributed by atoms with Crippen molar-refractivity contribution in [2.45, 2.75) is 27.7 Å². The summed E-state index contributed by atoms with van der Waals surface area (Å²) in [4.78, 5) is 8.82. The van der Waals surface area contributed by atoms with Gasteiger partial charge in [-0.3, -0.25) is 0 Å². The molecule has 0 aliphatic carbocycles. The highest BCUT2D eigenvalue weighted by molar-refractivity contribution is 7.18. The summed E-state index contributed by atoms with van der Waals surface area (Å²) in [5.74, 6) is 0.713. The van der Waals surface area contributed by atoms with Crippen LogP contribution in [0.25, 0.3) is 21.3 Å². The summed E-state index contributed by atoms with van der Waals surface area (Å²) in [6.07, 6.45) is 0. The monoisotopic (exact) mass is 302 g/mol. The van der Waals surface area contributed by atoms with E-state index in [0.717, 1.165) is 15.8 Å². The third-order valence-corrected chi connectivity index (χ3v) is 4.79. The largest absolute Gasteiger partial charge is 0.232 e. The van der Waals surface area contributed by atoms with E-state index in [2.05, 4.69) is 48.3 Å². The third kappa shape index (κ3) is 2.11. The summed E-state index contributed by atoms with van der Waals surface area (Å²) in [5.41, 5.74) is 7.21. The summed E-state index contributed by atoms with van der Waals surface area (Å²) >= 11 is 7.84. The zero-order chi connectivity index (χ0) is 14.4. The Morgan fingerprint density at radius 2 is 1.65 bits per heavy atom. The van der Waals surface area contributed by atoms with Crippen molar-refractivity contribution in [3.05, 3.63) is 45.2 Å². The van der Waals surface area contributed by atoms with Crippen molar-refractivity contribution in [3.63, 3.8) is 0 Å². The summed E-state index contributed by atoms with van der Waals surface area (Å²) in [6.45, 7) is 8.29. The highest BCUT2D eigenvalue weighted by Crippen LogP contribution is 2.38. The molecule has 2 aromatic heterocycles. The molecule has 0 aliphatic rings. The summed E-state index contributed by atoms with van der Waals surface area (Å²) in [6, 6.07) is 4.42. The summed E-state index contributed by atoms with van der Waals surface area (Å²) < 4.78 is 0.964. The van der Waals surface area contributed by atoms with Crippen LogP contribution in [0.2, 0.25) is 5.15 Å². The van der Waals surface area contributed by atoms with E-state index in [1.807, 2.05) is 6.92 Å². The van der Waals surface area contributed by atoms with E-state index in [1.165, 1.54) is 22.3 Å². The smallest absolute Gasteiger partial charge is 0.150 e. The van der Waals surface area contributed by atoms with Gasteiger partial charge in [0.05, 0.1) is 10.2 Å². The minimum absolute atomic E-state index is 0.547. The molecule has 0 saturated carbocycles. The van der Waals surface area contributed by atoms with Gasteiger partial charge in [0.1, 0.15) is 5.82 Å². The van der Waals surface area contributed by atoms with E-state index in [-0.39, 0.29) is 0 Å². The molecule has 102 valence electrons. The van der Waals surface area contributed by atoms with E-state index in [0.29, 0.717) is 11.0 Å². The first-order valence-corrected chi connectivity index (χ1v) is 7.72. The van der Waals surface area contributed by atoms with Gasteiger partial charge in [-0.15, -0.1) is 11.3 Å². The van der Waals surface area contributed by atoms with Crippen LogP contribution in [0.15, 0.2) is 17.5 Å². The number of rotatable bonds is 1. The second kappa shape index (κ2) is 4.83. The van der Waals surface area contributed by atoms with Crippen LogP contribution in [-0.2, 0) is 0 Å². The molecule has 0 fully saturated rings. The van der Waals surface area contributed by atoms with Crippen LogP contribution in [0.4, 0.5) is 0 Å². The molecule has 0 atom stereocenters. The number of halogens is 1. The van der Waals surface area contributed by atoms with Gasteiger partial charge in [0, 0.05) is 10.9 Å². The number of hydrogen-bond acceptors (Lipinski definition) is 3. The van der Waals surface area contributed by atoms with Gasteiger partial charge in [-0.2, -0.15) is 0 Å². The van der Waals surface area contributed by atoms with Crippen molar-refractivity contribution in [2.24, 2.45) is 0 Å². The Morgan fingerprint density at radius 3 is 2.30 bits per heavy atom. The lowest BCUT2D eigenvalue weighted by Crippen LogP contribution is -1.92. The Hall–Kier alpha value is -1.45. The number of thiophene rings is 1. The van der Waals surface area contributed by atoms with Gasteiger partial charge < -0.3 is 0 Å². The lowest BCUT2D eigenvalue weighted by Gasteiger charge is -2.10. The first-order chi connectivity index (χ1) is 9.47. The molecule has 2 nitrogen and oxygen atoms in total. The topological polar surface area (TPSA) is 25.8 Å². The van der Waals surface area contributed by atoms with E-state index in [9.17, 15) is 0 Å². The number of aryl methyl sites for hydroxylation is 4. The van der Waals surface area contributed by atoms with Gasteiger partial charge in [0.25, 0.3) is 0 Å². The Labute approximate surface area is 127 Å². The molecule has 0 bridgehead atoms. The normalized spacial score (nSPS) is 11.2. The maximum atomic E-state index is 6.23. The van der Waals surface area contributed by atoms with E-state index < -0.39 is 0 Å². The number of nitrogens with zero attached hydrogens (tertiary/aromatic N) is 2. The maximum absolute atomic E-state index is 6.23. The van der Waals surface area contributed by atoms with Crippen LogP contribution < -0.4 is 0 Å². The van der Waals surface area contributed by atoms with Gasteiger partial charge in [0.15, 0.2) is 5.15 Å². The fraction of sp³-hybridized carbons (Fsp3) is 0.250. The summed E-state index contributed by atoms with van der Waals surface area (Å²) in [7, 11) is 0. The minimum atomic E-state index is 0.547. The molecule has 2 heterocycles. The second-order valence-corrected chi connectivity index (χ2v) is 6.40. The Kier molecular flexibility index (Phi) is 3.27. The molecule has 1 aromatic carbocycles. The molecule has 0 aliphatic heterocycles. The predicted octanol–water partition coefficient (Wildman–Crippen LogP) is 5.25. The highest BCUT2D eigenvalue weighted by atomic mass is 35.5. The zero-order valence-electron chi connectivity index (χ0n) is 11.9. The van der Waals surface area contributed by atoms with E-state index in [4.69, 9.17) is 11.6 Å². The lowest BCUT2D eigenvalue weighted by atomic mass is 9.95. The molecule has 3 rings (SSSR count). The zero-order valence-corrected chi connectivity index (χ0v) is 13.5. The lowest BCUT2D eigenvalue weighted by molar-refractivity contribution is 1.10. The Bertz CT molecular complexity index is 798. The fourth-order valence-electron chi connectivity index (χ4n) is 2.77. The van der Waals surface area contributed by atoms with Gasteiger partial charge in [-0.25, -0.2) is 9.97 Å². The fourth-order valence-corrected chi connectivity index (χ4v) is 3.99. The molecule has 0 spiro atoms. The first-order valence-electron chi connectivity index (χ1n) is 6.47. The molecule has 0 N–H and O–H groups in total. The number of aromatic nitrogens is 2. The van der Waals surface area contributed by atoms with Gasteiger partial charge in [0.2, 0.25) is 0 Å². The average Bonchev–Trinajstić information content (AvgIpc) is 2.72. The van der Waals surface area contributed by atoms with Crippen LogP contribution in [0.3, 0.4) is 0 Å². The molecule has 0 saturated heterocycles. The van der Waals surface area contributed by atoms with Crippen LogP contribution in [0.1, 0.15) is 22.5 Å². The van der Waals surface area contributed by atoms with Crippen molar-refractivity contribution >= 4 is 33.2 Å². The highest BCUT2D eigenvalue weighted by Gasteiger charge is 2.15. The van der Waals surface area contributed by atoms with E-state index in [1.54, 1.807) is 11.3 Å². The second-order valence-electron chi connectivity index (χ2n) is 5.16. The maximum Gasteiger partial charge on any atom is 0.150 e. The van der Waals surface area contributed by atoms with Crippen molar-refractivity contribution in [2.75, 3.05) is 0 Å². The Balaban J connectivity index is 2.36. The Morgan fingerprint density at radius 1 is 1.00 bits per heavy atom. The molecule has 3 aromatic rings. The molecule has 0 unspecified atom stereocenters. The number of benzene rings is 1. The average molecular weight is 303 g/mol. The van der Waals surface area contributed by atoms with Gasteiger partial charge in [-0.05, 0) is 44.4 Å². The third-order valence-electron chi connectivity index (χ3n) is 3.43. The first kappa shape index (κ1) is 13.5. The SMILES string of the molecule is Cc1cc(C)c(-c2csc3c(Cl)nc(C)nc23)c(C)c1. The molecular weight excluding hydrogens is 288 g/mol. The van der Waals surface area contributed by atoms with Crippen LogP contribution >= 0.6 is 22.9 Å². The number of hydrogen-bond donors (Lipinski definition) is 0. The molecule has 4 heteroatoms. The van der Waals surface area contributed by atoms with Crippen molar-refractivity contribution in [3.8, 4) is 11.1 Å². The number of fused-ring (bicyclic) bond motifs is 1. The van der Waals surface area contributed by atoms with Crippen LogP contribution in [0.5, 0.6) is 0 Å². The van der Waals surface area contributed by atoms with Crippen LogP contribution in [0, 0.1) is 27.7 Å². The van der Waals surface area contributed by atoms with Gasteiger partial charge in [-0.1, -0.05) is 29.3 Å². The molecule has 0 amide bonds. The predicted molar refractivity (Wildman–Crippen MR) is 86.8 cm³/mol. The van der Waals surface area contributed by atoms with Gasteiger partial charge >= 0.3 is 0 Å². The van der Waals surface area contributed by atoms with Crippen molar-refractivity contribution in [1.82, 2.24) is 9.97 Å². The van der Waals surface area contributed by atoms with Crippen molar-refractivity contribution in [1.29, 1.82) is 0 Å². The van der Waals surface area contributed by atoms with Crippen molar-refractivity contribution < 1.29 is 0 Å². The van der Waals surface area contributed by atoms with E-state index >= 15 is 0 Å². The quantitative estimate of drug-likeness (QED) is 0.574. The minimum Gasteiger partial charge on any atom is -0.232 e. The molecular formula is C16H15ClN2S. The standard InChI is InChI=1S/C16H15ClN2S/c1-8-5-9(2)13(10(3)6-8)12-7-20-15-14(12)18-11(4)19-16(15)17/h5-7H,1-4H3. The van der Waals surface area contributed by atoms with Crippen LogP contribution in [-0.4, -0.2) is 9.97 Å². The molecule has 0 radical (unpaired) electrons. The molecule has 20 heavy (non-hydrogen) atoms.